The number of nitrogens with one attached hydrogen (secondary N) is 1. The Morgan fingerprint density at radius 1 is 1.10 bits per heavy atom. The predicted octanol–water partition coefficient (Wildman–Crippen LogP) is 3.84. The Labute approximate surface area is 186 Å². The quantitative estimate of drug-likeness (QED) is 0.290. The van der Waals surface area contributed by atoms with E-state index in [1.165, 1.54) is 28.0 Å². The van der Waals surface area contributed by atoms with Crippen molar-refractivity contribution in [1.82, 2.24) is 10.2 Å². The third kappa shape index (κ3) is 4.45. The van der Waals surface area contributed by atoms with Gasteiger partial charge in [0.1, 0.15) is 0 Å². The Morgan fingerprint density at radius 3 is 2.40 bits per heavy atom. The molecule has 2 atom stereocenters. The molecule has 0 radical (unpaired) electrons. The summed E-state index contributed by atoms with van der Waals surface area (Å²) in [6.45, 7) is 2.03. The van der Waals surface area contributed by atoms with Gasteiger partial charge >= 0.3 is 0 Å². The highest BCUT2D eigenvalue weighted by Gasteiger charge is 2.47. The number of aromatic nitrogens is 2. The lowest BCUT2D eigenvalue weighted by Gasteiger charge is -2.15. The summed E-state index contributed by atoms with van der Waals surface area (Å²) >= 11 is 4.32. The van der Waals surface area contributed by atoms with Gasteiger partial charge < -0.3 is 0 Å². The summed E-state index contributed by atoms with van der Waals surface area (Å²) in [5, 5.41) is 11.2. The topological polar surface area (TPSA) is 92.3 Å². The minimum Gasteiger partial charge on any atom is -0.300 e. The molecule has 4 rings (SSSR count). The molecule has 1 aromatic carbocycles. The monoisotopic (exact) mass is 460 g/mol. The second-order valence-electron chi connectivity index (χ2n) is 6.80. The molecular weight excluding hydrogens is 440 g/mol. The number of carbonyl (C=O) groups excluding carboxylic acids is 3. The van der Waals surface area contributed by atoms with Crippen LogP contribution in [-0.2, 0) is 14.4 Å². The molecule has 2 unspecified atom stereocenters. The number of amides is 3. The summed E-state index contributed by atoms with van der Waals surface area (Å²) in [5.41, 5.74) is 0.586. The third-order valence-electron chi connectivity index (χ3n) is 4.89. The van der Waals surface area contributed by atoms with Crippen LogP contribution in [0.5, 0.6) is 0 Å². The largest absolute Gasteiger partial charge is 0.300 e. The summed E-state index contributed by atoms with van der Waals surface area (Å²) in [6.07, 6.45) is 5.21. The summed E-state index contributed by atoms with van der Waals surface area (Å²) in [6, 6.07) is 7.18. The van der Waals surface area contributed by atoms with Gasteiger partial charge in [-0.1, -0.05) is 42.2 Å². The van der Waals surface area contributed by atoms with E-state index in [0.717, 1.165) is 15.0 Å². The van der Waals surface area contributed by atoms with E-state index in [2.05, 4.69) is 15.5 Å². The molecule has 30 heavy (non-hydrogen) atoms. The van der Waals surface area contributed by atoms with Crippen molar-refractivity contribution in [3.63, 3.8) is 0 Å². The molecule has 2 heterocycles. The van der Waals surface area contributed by atoms with Crippen molar-refractivity contribution in [3.8, 4) is 0 Å². The van der Waals surface area contributed by atoms with E-state index in [9.17, 15) is 14.4 Å². The van der Waals surface area contributed by atoms with Gasteiger partial charge in [-0.2, -0.15) is 0 Å². The zero-order chi connectivity index (χ0) is 21.1. The van der Waals surface area contributed by atoms with Gasteiger partial charge in [0.2, 0.25) is 22.9 Å². The predicted molar refractivity (Wildman–Crippen MR) is 120 cm³/mol. The third-order valence-corrected chi connectivity index (χ3v) is 7.76. The molecule has 7 nitrogen and oxygen atoms in total. The highest BCUT2D eigenvalue weighted by Crippen LogP contribution is 2.38. The summed E-state index contributed by atoms with van der Waals surface area (Å²) < 4.78 is 0.831. The Morgan fingerprint density at radius 2 is 1.77 bits per heavy atom. The van der Waals surface area contributed by atoms with Gasteiger partial charge in [-0.3, -0.25) is 24.6 Å². The van der Waals surface area contributed by atoms with Crippen molar-refractivity contribution in [2.24, 2.45) is 11.8 Å². The number of allylic oxidation sites excluding steroid dienone is 2. The van der Waals surface area contributed by atoms with Gasteiger partial charge in [-0.15, -0.1) is 22.0 Å². The molecule has 2 aromatic rings. The number of imide groups is 1. The standard InChI is InChI=1S/C20H20N4O3S3/c1-2-28-20-23-22-19(30-20)21-16(25)11-29-13-9-7-12(8-10-13)24-17(26)14-5-3-4-6-15(14)18(24)27/h3-4,7-10,14-15H,2,5-6,11H2,1H3,(H,21,22,25). The van der Waals surface area contributed by atoms with Crippen molar-refractivity contribution in [1.29, 1.82) is 0 Å². The van der Waals surface area contributed by atoms with Gasteiger partial charge in [0.15, 0.2) is 4.34 Å². The Bertz CT molecular complexity index is 963. The fourth-order valence-electron chi connectivity index (χ4n) is 3.49. The minimum atomic E-state index is -0.239. The van der Waals surface area contributed by atoms with Gasteiger partial charge in [-0.25, -0.2) is 0 Å². The van der Waals surface area contributed by atoms with E-state index >= 15 is 0 Å². The van der Waals surface area contributed by atoms with Crippen LogP contribution < -0.4 is 10.2 Å². The SMILES string of the molecule is CCSc1nnc(NC(=O)CSc2ccc(N3C(=O)C4CC=CCC4C3=O)cc2)s1. The molecular formula is C20H20N4O3S3. The van der Waals surface area contributed by atoms with Crippen LogP contribution in [0, 0.1) is 11.8 Å². The molecule has 1 aliphatic carbocycles. The van der Waals surface area contributed by atoms with Crippen molar-refractivity contribution in [2.45, 2.75) is 29.0 Å². The van der Waals surface area contributed by atoms with Crippen molar-refractivity contribution in [2.75, 3.05) is 21.7 Å². The molecule has 10 heteroatoms. The average molecular weight is 461 g/mol. The average Bonchev–Trinajstić information content (AvgIpc) is 3.30. The van der Waals surface area contributed by atoms with E-state index in [1.54, 1.807) is 23.9 Å². The van der Waals surface area contributed by atoms with Crippen LogP contribution in [-0.4, -0.2) is 39.4 Å². The number of rotatable bonds is 7. The molecule has 0 saturated carbocycles. The lowest BCUT2D eigenvalue weighted by Crippen LogP contribution is -2.30. The van der Waals surface area contributed by atoms with Crippen LogP contribution >= 0.6 is 34.9 Å². The van der Waals surface area contributed by atoms with Crippen molar-refractivity contribution >= 4 is 63.4 Å². The summed E-state index contributed by atoms with van der Waals surface area (Å²) in [5.74, 6) is 0.260. The lowest BCUT2D eigenvalue weighted by molar-refractivity contribution is -0.122. The van der Waals surface area contributed by atoms with Gasteiger partial charge in [-0.05, 0) is 42.9 Å². The second kappa shape index (κ2) is 9.32. The zero-order valence-corrected chi connectivity index (χ0v) is 18.7. The van der Waals surface area contributed by atoms with E-state index in [4.69, 9.17) is 0 Å². The van der Waals surface area contributed by atoms with E-state index in [-0.39, 0.29) is 35.3 Å². The van der Waals surface area contributed by atoms with Crippen LogP contribution in [0.4, 0.5) is 10.8 Å². The fraction of sp³-hybridized carbons (Fsp3) is 0.350. The highest BCUT2D eigenvalue weighted by atomic mass is 32.2. The normalized spacial score (nSPS) is 20.5. The number of nitrogens with zero attached hydrogens (tertiary/aromatic N) is 3. The first-order valence-corrected chi connectivity index (χ1v) is 12.4. The van der Waals surface area contributed by atoms with Crippen molar-refractivity contribution in [3.05, 3.63) is 36.4 Å². The summed E-state index contributed by atoms with van der Waals surface area (Å²) in [4.78, 5) is 39.7. The molecule has 2 aliphatic rings. The lowest BCUT2D eigenvalue weighted by atomic mass is 9.85. The maximum Gasteiger partial charge on any atom is 0.238 e. The van der Waals surface area contributed by atoms with Gasteiger partial charge in [0.25, 0.3) is 0 Å². The Kier molecular flexibility index (Phi) is 6.55. The molecule has 0 spiro atoms. The number of carbonyl (C=O) groups is 3. The first-order valence-electron chi connectivity index (χ1n) is 9.58. The van der Waals surface area contributed by atoms with Crippen LogP contribution in [0.3, 0.4) is 0 Å². The number of thioether (sulfide) groups is 2. The zero-order valence-electron chi connectivity index (χ0n) is 16.2. The first kappa shape index (κ1) is 21.1. The molecule has 1 saturated heterocycles. The molecule has 0 bridgehead atoms. The van der Waals surface area contributed by atoms with E-state index in [0.29, 0.717) is 23.7 Å². The van der Waals surface area contributed by atoms with Gasteiger partial charge in [0, 0.05) is 4.90 Å². The number of hydrogen-bond acceptors (Lipinski definition) is 8. The van der Waals surface area contributed by atoms with Gasteiger partial charge in [0.05, 0.1) is 23.3 Å². The number of anilines is 2. The van der Waals surface area contributed by atoms with Crippen LogP contribution in [0.15, 0.2) is 45.7 Å². The smallest absolute Gasteiger partial charge is 0.238 e. The van der Waals surface area contributed by atoms with E-state index < -0.39 is 0 Å². The molecule has 156 valence electrons. The maximum atomic E-state index is 12.7. The molecule has 3 amide bonds. The Balaban J connectivity index is 1.33. The molecule has 1 aromatic heterocycles. The van der Waals surface area contributed by atoms with Crippen LogP contribution in [0.25, 0.3) is 0 Å². The highest BCUT2D eigenvalue weighted by molar-refractivity contribution is 8.01. The van der Waals surface area contributed by atoms with Crippen LogP contribution in [0.2, 0.25) is 0 Å². The molecule has 1 N–H and O–H groups in total. The molecule has 1 fully saturated rings. The second-order valence-corrected chi connectivity index (χ2v) is 10.3. The van der Waals surface area contributed by atoms with Crippen molar-refractivity contribution < 1.29 is 14.4 Å². The minimum absolute atomic E-state index is 0.119. The summed E-state index contributed by atoms with van der Waals surface area (Å²) in [7, 11) is 0. The van der Waals surface area contributed by atoms with E-state index in [1.807, 2.05) is 31.2 Å². The fourth-order valence-corrected chi connectivity index (χ4v) is 5.86. The van der Waals surface area contributed by atoms with Crippen LogP contribution in [0.1, 0.15) is 19.8 Å². The maximum absolute atomic E-state index is 12.7. The Hall–Kier alpha value is -2.17. The number of fused-ring (bicyclic) bond motifs is 1. The molecule has 1 aliphatic heterocycles. The first-order chi connectivity index (χ1) is 14.6. The number of benzene rings is 1. The number of hydrogen-bond donors (Lipinski definition) is 1.